The molecule has 0 radical (unpaired) electrons. The smallest absolute Gasteiger partial charge is 0.128 e. The van der Waals surface area contributed by atoms with E-state index in [1.165, 1.54) is 34.8 Å². The molecule has 2 aromatic carbocycles. The maximum Gasteiger partial charge on any atom is 0.128 e. The van der Waals surface area contributed by atoms with Crippen molar-refractivity contribution in [2.45, 2.75) is 18.9 Å². The fourth-order valence-electron chi connectivity index (χ4n) is 2.92. The molecule has 1 heterocycles. The average molecular weight is 248 g/mol. The Balaban J connectivity index is 1.95. The molecular weight excluding hydrogens is 232 g/mol. The summed E-state index contributed by atoms with van der Waals surface area (Å²) in [7, 11) is 0. The summed E-state index contributed by atoms with van der Waals surface area (Å²) in [6.45, 7) is 3.98. The Kier molecular flexibility index (Phi) is 2.28. The Bertz CT molecular complexity index is 692. The number of rotatable bonds is 2. The lowest BCUT2D eigenvalue weighted by atomic mass is 9.93. The van der Waals surface area contributed by atoms with Crippen LogP contribution in [0.15, 0.2) is 55.1 Å². The van der Waals surface area contributed by atoms with Gasteiger partial charge in [-0.05, 0) is 47.2 Å². The van der Waals surface area contributed by atoms with E-state index in [0.29, 0.717) is 5.92 Å². The number of hydrogen-bond donors (Lipinski definition) is 0. The van der Waals surface area contributed by atoms with Crippen molar-refractivity contribution in [3.63, 3.8) is 0 Å². The first-order valence-electron chi connectivity index (χ1n) is 6.90. The van der Waals surface area contributed by atoms with E-state index in [-0.39, 0.29) is 6.10 Å². The molecule has 94 valence electrons. The van der Waals surface area contributed by atoms with Crippen LogP contribution in [0.1, 0.15) is 18.4 Å². The highest BCUT2D eigenvalue weighted by molar-refractivity contribution is 5.99. The average Bonchev–Trinajstić information content (AvgIpc) is 3.30. The summed E-state index contributed by atoms with van der Waals surface area (Å²) in [5.41, 5.74) is 2.42. The molecule has 1 aliphatic carbocycles. The molecule has 19 heavy (non-hydrogen) atoms. The molecule has 1 unspecified atom stereocenters. The second-order valence-electron chi connectivity index (χ2n) is 5.41. The van der Waals surface area contributed by atoms with E-state index >= 15 is 0 Å². The van der Waals surface area contributed by atoms with E-state index in [0.717, 1.165) is 5.75 Å². The monoisotopic (exact) mass is 248 g/mol. The Labute approximate surface area is 113 Å². The van der Waals surface area contributed by atoms with Crippen molar-refractivity contribution in [3.05, 3.63) is 60.7 Å². The summed E-state index contributed by atoms with van der Waals surface area (Å²) >= 11 is 0. The molecule has 0 amide bonds. The van der Waals surface area contributed by atoms with Crippen LogP contribution in [-0.2, 0) is 0 Å². The van der Waals surface area contributed by atoms with Crippen LogP contribution in [0.2, 0.25) is 0 Å². The van der Waals surface area contributed by atoms with Crippen molar-refractivity contribution < 1.29 is 4.74 Å². The zero-order chi connectivity index (χ0) is 12.8. The Hall–Kier alpha value is -2.02. The standard InChI is InChI=1S/C18H16O/c1-2-12-11-17(14-7-8-14)19-16-10-9-13-5-3-4-6-15(13)18(12)16/h2-6,9-11,14,17H,1,7-8H2. The van der Waals surface area contributed by atoms with Crippen LogP contribution in [0.4, 0.5) is 0 Å². The first kappa shape index (κ1) is 10.9. The number of benzene rings is 2. The van der Waals surface area contributed by atoms with Crippen LogP contribution in [0.25, 0.3) is 16.3 Å². The van der Waals surface area contributed by atoms with Crippen LogP contribution in [0.5, 0.6) is 5.75 Å². The molecule has 4 rings (SSSR count). The number of hydrogen-bond acceptors (Lipinski definition) is 1. The highest BCUT2D eigenvalue weighted by atomic mass is 16.5. The fraction of sp³-hybridized carbons (Fsp3) is 0.222. The molecule has 1 saturated carbocycles. The molecule has 0 N–H and O–H groups in total. The van der Waals surface area contributed by atoms with E-state index in [1.807, 2.05) is 6.08 Å². The molecule has 1 fully saturated rings. The normalized spacial score (nSPS) is 21.5. The number of ether oxygens (including phenoxy) is 1. The van der Waals surface area contributed by atoms with Crippen LogP contribution in [-0.4, -0.2) is 6.10 Å². The van der Waals surface area contributed by atoms with Crippen molar-refractivity contribution in [1.82, 2.24) is 0 Å². The molecule has 1 heteroatoms. The Morgan fingerprint density at radius 3 is 2.74 bits per heavy atom. The topological polar surface area (TPSA) is 9.23 Å². The van der Waals surface area contributed by atoms with E-state index in [4.69, 9.17) is 4.74 Å². The summed E-state index contributed by atoms with van der Waals surface area (Å²) in [5.74, 6) is 1.71. The van der Waals surface area contributed by atoms with Gasteiger partial charge in [0.25, 0.3) is 0 Å². The van der Waals surface area contributed by atoms with E-state index in [9.17, 15) is 0 Å². The van der Waals surface area contributed by atoms with Gasteiger partial charge in [-0.15, -0.1) is 0 Å². The molecule has 0 saturated heterocycles. The van der Waals surface area contributed by atoms with Crippen LogP contribution >= 0.6 is 0 Å². The minimum atomic E-state index is 0.238. The molecular formula is C18H16O. The minimum Gasteiger partial charge on any atom is -0.485 e. The first-order chi connectivity index (χ1) is 9.36. The minimum absolute atomic E-state index is 0.238. The summed E-state index contributed by atoms with van der Waals surface area (Å²) in [4.78, 5) is 0. The van der Waals surface area contributed by atoms with Crippen LogP contribution < -0.4 is 4.74 Å². The van der Waals surface area contributed by atoms with Crippen molar-refractivity contribution >= 4 is 16.3 Å². The summed E-state index contributed by atoms with van der Waals surface area (Å²) in [5, 5.41) is 2.50. The Morgan fingerprint density at radius 2 is 1.95 bits per heavy atom. The first-order valence-corrected chi connectivity index (χ1v) is 6.90. The van der Waals surface area contributed by atoms with Gasteiger partial charge in [-0.1, -0.05) is 43.0 Å². The number of fused-ring (bicyclic) bond motifs is 3. The predicted molar refractivity (Wildman–Crippen MR) is 79.3 cm³/mol. The lowest BCUT2D eigenvalue weighted by Crippen LogP contribution is -2.20. The number of allylic oxidation sites excluding steroid dienone is 2. The summed E-state index contributed by atoms with van der Waals surface area (Å²) in [6.07, 6.45) is 7.02. The third-order valence-corrected chi connectivity index (χ3v) is 4.09. The van der Waals surface area contributed by atoms with Crippen molar-refractivity contribution in [2.24, 2.45) is 5.92 Å². The van der Waals surface area contributed by atoms with Crippen molar-refractivity contribution in [2.75, 3.05) is 0 Å². The molecule has 0 spiro atoms. The van der Waals surface area contributed by atoms with Gasteiger partial charge < -0.3 is 4.74 Å². The van der Waals surface area contributed by atoms with Gasteiger partial charge in [-0.2, -0.15) is 0 Å². The van der Waals surface area contributed by atoms with Gasteiger partial charge in [0.1, 0.15) is 11.9 Å². The molecule has 1 nitrogen and oxygen atoms in total. The van der Waals surface area contributed by atoms with Gasteiger partial charge in [0.15, 0.2) is 0 Å². The zero-order valence-corrected chi connectivity index (χ0v) is 10.8. The molecule has 0 aromatic heterocycles. The largest absolute Gasteiger partial charge is 0.485 e. The van der Waals surface area contributed by atoms with Gasteiger partial charge in [0.2, 0.25) is 0 Å². The van der Waals surface area contributed by atoms with E-state index < -0.39 is 0 Å². The van der Waals surface area contributed by atoms with Crippen molar-refractivity contribution in [1.29, 1.82) is 0 Å². The molecule has 1 aliphatic heterocycles. The third-order valence-electron chi connectivity index (χ3n) is 4.09. The third kappa shape index (κ3) is 1.69. The maximum absolute atomic E-state index is 6.17. The van der Waals surface area contributed by atoms with Gasteiger partial charge in [0.05, 0.1) is 0 Å². The fourth-order valence-corrected chi connectivity index (χ4v) is 2.92. The molecule has 2 aliphatic rings. The lowest BCUT2D eigenvalue weighted by Gasteiger charge is -2.25. The SMILES string of the molecule is C=CC1=CC(C2CC2)Oc2ccc3ccccc3c21. The van der Waals surface area contributed by atoms with Gasteiger partial charge >= 0.3 is 0 Å². The second-order valence-corrected chi connectivity index (χ2v) is 5.41. The molecule has 2 aromatic rings. The Morgan fingerprint density at radius 1 is 1.11 bits per heavy atom. The lowest BCUT2D eigenvalue weighted by molar-refractivity contribution is 0.222. The quantitative estimate of drug-likeness (QED) is 0.755. The van der Waals surface area contributed by atoms with Gasteiger partial charge in [-0.3, -0.25) is 0 Å². The van der Waals surface area contributed by atoms with E-state index in [2.05, 4.69) is 49.1 Å². The molecule has 0 bridgehead atoms. The summed E-state index contributed by atoms with van der Waals surface area (Å²) < 4.78 is 6.17. The predicted octanol–water partition coefficient (Wildman–Crippen LogP) is 4.58. The second kappa shape index (κ2) is 3.99. The van der Waals surface area contributed by atoms with E-state index in [1.54, 1.807) is 0 Å². The molecule has 1 atom stereocenters. The van der Waals surface area contributed by atoms with Gasteiger partial charge in [0, 0.05) is 5.56 Å². The van der Waals surface area contributed by atoms with Crippen molar-refractivity contribution in [3.8, 4) is 5.75 Å². The highest BCUT2D eigenvalue weighted by Crippen LogP contribution is 2.43. The highest BCUT2D eigenvalue weighted by Gasteiger charge is 2.34. The maximum atomic E-state index is 6.17. The zero-order valence-electron chi connectivity index (χ0n) is 10.8. The van der Waals surface area contributed by atoms with Crippen LogP contribution in [0, 0.1) is 5.92 Å². The van der Waals surface area contributed by atoms with Crippen LogP contribution in [0.3, 0.4) is 0 Å². The summed E-state index contributed by atoms with van der Waals surface area (Å²) in [6, 6.07) is 12.7. The van der Waals surface area contributed by atoms with Gasteiger partial charge in [-0.25, -0.2) is 0 Å².